The number of amides is 1. The number of aromatic nitrogens is 1. The first kappa shape index (κ1) is 15.8. The van der Waals surface area contributed by atoms with Crippen molar-refractivity contribution in [2.45, 2.75) is 12.5 Å². The first-order valence-corrected chi connectivity index (χ1v) is 7.79. The molecule has 1 amide bonds. The quantitative estimate of drug-likeness (QED) is 0.795. The molecule has 1 heterocycles. The van der Waals surface area contributed by atoms with Gasteiger partial charge in [0.25, 0.3) is 5.91 Å². The van der Waals surface area contributed by atoms with Crippen molar-refractivity contribution in [1.82, 2.24) is 4.98 Å². The number of hydrogen-bond acceptors (Lipinski definition) is 5. The first-order chi connectivity index (χ1) is 10.1. The smallest absolute Gasteiger partial charge is 0.253 e. The van der Waals surface area contributed by atoms with E-state index in [1.165, 1.54) is 18.4 Å². The minimum absolute atomic E-state index is 0.0353. The number of ketones is 1. The minimum Gasteiger partial charge on any atom is -0.371 e. The summed E-state index contributed by atoms with van der Waals surface area (Å²) >= 11 is 4.57. The summed E-state index contributed by atoms with van der Waals surface area (Å²) in [5, 5.41) is 4.82. The number of rotatable bonds is 6. The van der Waals surface area contributed by atoms with Crippen molar-refractivity contribution in [3.05, 3.63) is 45.3 Å². The molecule has 0 aliphatic carbocycles. The van der Waals surface area contributed by atoms with Crippen LogP contribution in [0.2, 0.25) is 0 Å². The second kappa shape index (κ2) is 7.44. The van der Waals surface area contributed by atoms with Crippen LogP contribution in [0.3, 0.4) is 0 Å². The number of carbonyl (C=O) groups excluding carboxylic acids is 2. The largest absolute Gasteiger partial charge is 0.371 e. The highest BCUT2D eigenvalue weighted by Gasteiger charge is 2.23. The molecule has 0 unspecified atom stereocenters. The van der Waals surface area contributed by atoms with Crippen LogP contribution in [0.25, 0.3) is 0 Å². The lowest BCUT2D eigenvalue weighted by Crippen LogP contribution is -2.31. The number of nitrogens with one attached hydrogen (secondary N) is 1. The fourth-order valence-electron chi connectivity index (χ4n) is 1.66. The van der Waals surface area contributed by atoms with Gasteiger partial charge in [0.15, 0.2) is 10.8 Å². The highest BCUT2D eigenvalue weighted by Crippen LogP contribution is 2.16. The fourth-order valence-corrected chi connectivity index (χ4v) is 2.51. The second-order valence-corrected chi connectivity index (χ2v) is 6.00. The molecule has 1 aromatic heterocycles. The molecule has 2 rings (SSSR count). The van der Waals surface area contributed by atoms with Crippen LogP contribution < -0.4 is 5.32 Å². The molecule has 0 saturated heterocycles. The van der Waals surface area contributed by atoms with Crippen LogP contribution in [0.15, 0.2) is 40.3 Å². The number of halogens is 1. The zero-order valence-corrected chi connectivity index (χ0v) is 13.6. The summed E-state index contributed by atoms with van der Waals surface area (Å²) in [5.41, 5.74) is 0.645. The highest BCUT2D eigenvalue weighted by atomic mass is 79.9. The van der Waals surface area contributed by atoms with Crippen molar-refractivity contribution in [3.8, 4) is 0 Å². The van der Waals surface area contributed by atoms with E-state index < -0.39 is 6.10 Å². The van der Waals surface area contributed by atoms with Gasteiger partial charge in [0.1, 0.15) is 6.10 Å². The molecule has 1 N–H and O–H groups in total. The molecule has 5 nitrogen and oxygen atoms in total. The van der Waals surface area contributed by atoms with Gasteiger partial charge in [-0.05, 0) is 24.3 Å². The third-order valence-corrected chi connectivity index (χ3v) is 4.07. The molecule has 0 radical (unpaired) electrons. The number of methoxy groups -OCH3 is 1. The highest BCUT2D eigenvalue weighted by molar-refractivity contribution is 9.10. The van der Waals surface area contributed by atoms with E-state index in [9.17, 15) is 9.59 Å². The van der Waals surface area contributed by atoms with Crippen molar-refractivity contribution in [2.24, 2.45) is 0 Å². The molecule has 0 bridgehead atoms. The molecule has 0 aliphatic heterocycles. The molecule has 2 aromatic rings. The van der Waals surface area contributed by atoms with Crippen molar-refractivity contribution >= 4 is 44.6 Å². The van der Waals surface area contributed by atoms with Crippen molar-refractivity contribution < 1.29 is 14.3 Å². The predicted molar refractivity (Wildman–Crippen MR) is 84.6 cm³/mol. The maximum Gasteiger partial charge on any atom is 0.253 e. The topological polar surface area (TPSA) is 68.3 Å². The maximum atomic E-state index is 12.1. The Morgan fingerprint density at radius 2 is 2.10 bits per heavy atom. The van der Waals surface area contributed by atoms with Gasteiger partial charge >= 0.3 is 0 Å². The molecule has 0 fully saturated rings. The molecular formula is C14H13BrN2O3S. The van der Waals surface area contributed by atoms with E-state index in [2.05, 4.69) is 26.2 Å². The Bertz CT molecular complexity index is 614. The third-order valence-electron chi connectivity index (χ3n) is 2.73. The van der Waals surface area contributed by atoms with Gasteiger partial charge in [0.05, 0.1) is 0 Å². The number of nitrogens with zero attached hydrogens (tertiary/aromatic N) is 1. The van der Waals surface area contributed by atoms with Crippen LogP contribution in [0.5, 0.6) is 0 Å². The van der Waals surface area contributed by atoms with Crippen LogP contribution in [0.4, 0.5) is 5.69 Å². The number of thiazole rings is 1. The molecule has 21 heavy (non-hydrogen) atoms. The first-order valence-electron chi connectivity index (χ1n) is 6.12. The van der Waals surface area contributed by atoms with Crippen LogP contribution >= 0.6 is 27.3 Å². The van der Waals surface area contributed by atoms with Gasteiger partial charge in [-0.15, -0.1) is 11.3 Å². The van der Waals surface area contributed by atoms with E-state index in [1.807, 2.05) is 12.1 Å². The maximum absolute atomic E-state index is 12.1. The Morgan fingerprint density at radius 1 is 1.38 bits per heavy atom. The molecule has 0 saturated carbocycles. The Morgan fingerprint density at radius 3 is 2.67 bits per heavy atom. The lowest BCUT2D eigenvalue weighted by molar-refractivity contribution is -0.125. The van der Waals surface area contributed by atoms with Crippen LogP contribution in [-0.2, 0) is 9.53 Å². The average Bonchev–Trinajstić information content (AvgIpc) is 3.01. The molecule has 110 valence electrons. The van der Waals surface area contributed by atoms with Crippen molar-refractivity contribution in [3.63, 3.8) is 0 Å². The fraction of sp³-hybridized carbons (Fsp3) is 0.214. The monoisotopic (exact) mass is 368 g/mol. The summed E-state index contributed by atoms with van der Waals surface area (Å²) in [4.78, 5) is 28.0. The van der Waals surface area contributed by atoms with E-state index in [1.54, 1.807) is 23.7 Å². The SMILES string of the molecule is CO[C@H](CC(=O)c1nccs1)C(=O)Nc1ccc(Br)cc1. The second-order valence-electron chi connectivity index (χ2n) is 4.19. The molecule has 1 aromatic carbocycles. The summed E-state index contributed by atoms with van der Waals surface area (Å²) in [6.45, 7) is 0. The van der Waals surface area contributed by atoms with Gasteiger partial charge in [-0.1, -0.05) is 15.9 Å². The predicted octanol–water partition coefficient (Wildman–Crippen LogP) is 3.13. The molecule has 7 heteroatoms. The number of hydrogen-bond donors (Lipinski definition) is 1. The molecule has 1 atom stereocenters. The van der Waals surface area contributed by atoms with Gasteiger partial charge < -0.3 is 10.1 Å². The van der Waals surface area contributed by atoms with Crippen molar-refractivity contribution in [2.75, 3.05) is 12.4 Å². The molecule has 0 aliphatic rings. The Balaban J connectivity index is 1.98. The summed E-state index contributed by atoms with van der Waals surface area (Å²) in [5.74, 6) is -0.562. The van der Waals surface area contributed by atoms with Crippen LogP contribution in [0.1, 0.15) is 16.2 Å². The van der Waals surface area contributed by atoms with E-state index in [4.69, 9.17) is 4.74 Å². The van der Waals surface area contributed by atoms with Gasteiger partial charge in [-0.2, -0.15) is 0 Å². The zero-order chi connectivity index (χ0) is 15.2. The number of anilines is 1. The zero-order valence-electron chi connectivity index (χ0n) is 11.2. The summed E-state index contributed by atoms with van der Waals surface area (Å²) in [6.07, 6.45) is 0.679. The van der Waals surface area contributed by atoms with E-state index in [0.717, 1.165) is 4.47 Å². The normalized spacial score (nSPS) is 11.9. The minimum atomic E-state index is -0.843. The standard InChI is InChI=1S/C14H13BrN2O3S/c1-20-12(8-11(18)14-16-6-7-21-14)13(19)17-10-4-2-9(15)3-5-10/h2-7,12H,8H2,1H3,(H,17,19)/t12-/m1/s1. The third kappa shape index (κ3) is 4.45. The Labute approximate surface area is 134 Å². The van der Waals surface area contributed by atoms with Gasteiger partial charge in [-0.3, -0.25) is 9.59 Å². The Kier molecular flexibility index (Phi) is 5.60. The van der Waals surface area contributed by atoms with Gasteiger partial charge in [-0.25, -0.2) is 4.98 Å². The number of Topliss-reactive ketones (excluding diaryl/α,β-unsaturated/α-hetero) is 1. The van der Waals surface area contributed by atoms with Crippen molar-refractivity contribution in [1.29, 1.82) is 0 Å². The average molecular weight is 369 g/mol. The Hall–Kier alpha value is -1.57. The number of ether oxygens (including phenoxy) is 1. The van der Waals surface area contributed by atoms with E-state index in [-0.39, 0.29) is 18.1 Å². The molecular weight excluding hydrogens is 356 g/mol. The van der Waals surface area contributed by atoms with E-state index >= 15 is 0 Å². The summed E-state index contributed by atoms with van der Waals surface area (Å²) < 4.78 is 6.03. The number of carbonyl (C=O) groups is 2. The van der Waals surface area contributed by atoms with Gasteiger partial charge in [0.2, 0.25) is 0 Å². The lowest BCUT2D eigenvalue weighted by Gasteiger charge is -2.14. The number of benzene rings is 1. The lowest BCUT2D eigenvalue weighted by atomic mass is 10.1. The van der Waals surface area contributed by atoms with Crippen LogP contribution in [-0.4, -0.2) is 29.9 Å². The summed E-state index contributed by atoms with van der Waals surface area (Å²) in [6, 6.07) is 7.16. The summed E-state index contributed by atoms with van der Waals surface area (Å²) in [7, 11) is 1.40. The van der Waals surface area contributed by atoms with Gasteiger partial charge in [0, 0.05) is 35.3 Å². The molecule has 0 spiro atoms. The van der Waals surface area contributed by atoms with Crippen LogP contribution in [0, 0.1) is 0 Å². The van der Waals surface area contributed by atoms with E-state index in [0.29, 0.717) is 10.7 Å².